The van der Waals surface area contributed by atoms with Crippen molar-refractivity contribution in [1.82, 2.24) is 0 Å². The normalized spacial score (nSPS) is 23.4. The molecule has 0 bridgehead atoms. The van der Waals surface area contributed by atoms with Gasteiger partial charge in [0.05, 0.1) is 12.2 Å². The highest BCUT2D eigenvalue weighted by Crippen LogP contribution is 2.03. The molecular weight excluding hydrogens is 136 g/mol. The van der Waals surface area contributed by atoms with Crippen molar-refractivity contribution >= 4 is 0 Å². The van der Waals surface area contributed by atoms with Crippen LogP contribution in [0.4, 0.5) is 0 Å². The smallest absolute Gasteiger partial charge is 0.108 e. The maximum atomic E-state index is 8.91. The first-order chi connectivity index (χ1) is 4.46. The summed E-state index contributed by atoms with van der Waals surface area (Å²) in [4.78, 5) is 0. The van der Waals surface area contributed by atoms with Crippen LogP contribution in [0.25, 0.3) is 0 Å². The molecule has 0 aliphatic carbocycles. The van der Waals surface area contributed by atoms with E-state index in [4.69, 9.17) is 20.4 Å². The molecule has 4 N–H and O–H groups in total. The van der Waals surface area contributed by atoms with Gasteiger partial charge < -0.3 is 20.4 Å². The van der Waals surface area contributed by atoms with E-state index in [0.717, 1.165) is 0 Å². The van der Waals surface area contributed by atoms with E-state index in [-0.39, 0.29) is 0 Å². The van der Waals surface area contributed by atoms with Crippen molar-refractivity contribution in [3.63, 3.8) is 0 Å². The van der Waals surface area contributed by atoms with Crippen molar-refractivity contribution in [1.29, 1.82) is 0 Å². The minimum absolute atomic E-state index is 1.02. The van der Waals surface area contributed by atoms with Crippen molar-refractivity contribution in [3.05, 3.63) is 0 Å². The fourth-order valence-electron chi connectivity index (χ4n) is 0.571. The molecule has 0 unspecified atom stereocenters. The van der Waals surface area contributed by atoms with Gasteiger partial charge in [0.15, 0.2) is 0 Å². The second kappa shape index (κ2) is 3.88. The first-order valence-electron chi connectivity index (χ1n) is 3.19. The van der Waals surface area contributed by atoms with Crippen molar-refractivity contribution in [2.45, 2.75) is 38.3 Å². The molecule has 62 valence electrons. The van der Waals surface area contributed by atoms with E-state index in [1.165, 1.54) is 13.8 Å². The number of hydrogen-bond donors (Lipinski definition) is 4. The molecule has 0 spiro atoms. The third kappa shape index (κ3) is 2.62. The van der Waals surface area contributed by atoms with Gasteiger partial charge in [0.1, 0.15) is 12.2 Å². The average Bonchev–Trinajstić information content (AvgIpc) is 1.84. The summed E-state index contributed by atoms with van der Waals surface area (Å²) in [5.41, 5.74) is 0. The quantitative estimate of drug-likeness (QED) is 0.393. The topological polar surface area (TPSA) is 80.9 Å². The van der Waals surface area contributed by atoms with Gasteiger partial charge in [-0.2, -0.15) is 0 Å². The molecule has 0 rings (SSSR count). The molecule has 0 aromatic heterocycles. The van der Waals surface area contributed by atoms with Crippen LogP contribution in [0.1, 0.15) is 13.8 Å². The van der Waals surface area contributed by atoms with E-state index in [1.807, 2.05) is 0 Å². The van der Waals surface area contributed by atoms with Gasteiger partial charge in [0.25, 0.3) is 0 Å². The molecule has 4 heteroatoms. The number of rotatable bonds is 3. The average molecular weight is 150 g/mol. The molecule has 0 aliphatic rings. The van der Waals surface area contributed by atoms with E-state index < -0.39 is 24.4 Å². The third-order valence-electron chi connectivity index (χ3n) is 1.34. The summed E-state index contributed by atoms with van der Waals surface area (Å²) in [6.07, 6.45) is -4.60. The highest BCUT2D eigenvalue weighted by molar-refractivity contribution is 4.75. The summed E-state index contributed by atoms with van der Waals surface area (Å²) >= 11 is 0. The summed E-state index contributed by atoms with van der Waals surface area (Å²) in [6, 6.07) is 0. The molecule has 4 nitrogen and oxygen atoms in total. The van der Waals surface area contributed by atoms with Crippen molar-refractivity contribution in [3.8, 4) is 0 Å². The first kappa shape index (κ1) is 9.84. The Labute approximate surface area is 59.7 Å². The lowest BCUT2D eigenvalue weighted by atomic mass is 10.1. The zero-order valence-corrected chi connectivity index (χ0v) is 6.10. The molecule has 0 heterocycles. The molecule has 0 saturated carbocycles. The maximum Gasteiger partial charge on any atom is 0.108 e. The molecule has 0 aliphatic heterocycles. The molecule has 4 atom stereocenters. The van der Waals surface area contributed by atoms with Crippen molar-refractivity contribution in [2.75, 3.05) is 0 Å². The Morgan fingerprint density at radius 1 is 0.700 bits per heavy atom. The lowest BCUT2D eigenvalue weighted by Crippen LogP contribution is -2.41. The van der Waals surface area contributed by atoms with E-state index in [0.29, 0.717) is 0 Å². The highest BCUT2D eigenvalue weighted by Gasteiger charge is 2.24. The van der Waals surface area contributed by atoms with Crippen molar-refractivity contribution < 1.29 is 20.4 Å². The lowest BCUT2D eigenvalue weighted by Gasteiger charge is -2.21. The van der Waals surface area contributed by atoms with Gasteiger partial charge in [-0.25, -0.2) is 0 Å². The molecule has 0 aromatic carbocycles. The minimum atomic E-state index is -1.28. The summed E-state index contributed by atoms with van der Waals surface area (Å²) in [5.74, 6) is 0. The van der Waals surface area contributed by atoms with E-state index in [9.17, 15) is 0 Å². The Kier molecular flexibility index (Phi) is 3.81. The molecule has 0 saturated heterocycles. The van der Waals surface area contributed by atoms with Gasteiger partial charge in [0.2, 0.25) is 0 Å². The standard InChI is InChI=1S/C6H14O4/c1-3(7)5(9)6(10)4(2)8/h3-10H,1-2H3/t3-,4+,5+,6-. The predicted molar refractivity (Wildman–Crippen MR) is 35.4 cm³/mol. The second-order valence-corrected chi connectivity index (χ2v) is 2.46. The number of hydrogen-bond acceptors (Lipinski definition) is 4. The van der Waals surface area contributed by atoms with E-state index in [2.05, 4.69) is 0 Å². The molecule has 0 fully saturated rings. The van der Waals surface area contributed by atoms with E-state index >= 15 is 0 Å². The minimum Gasteiger partial charge on any atom is -0.391 e. The van der Waals surface area contributed by atoms with E-state index in [1.54, 1.807) is 0 Å². The summed E-state index contributed by atoms with van der Waals surface area (Å²) in [7, 11) is 0. The Morgan fingerprint density at radius 3 is 1.00 bits per heavy atom. The largest absolute Gasteiger partial charge is 0.391 e. The monoisotopic (exact) mass is 150 g/mol. The maximum absolute atomic E-state index is 8.91. The fraction of sp³-hybridized carbons (Fsp3) is 1.00. The summed E-state index contributed by atoms with van der Waals surface area (Å²) in [6.45, 7) is 2.69. The van der Waals surface area contributed by atoms with Crippen LogP contribution in [0.3, 0.4) is 0 Å². The van der Waals surface area contributed by atoms with Gasteiger partial charge >= 0.3 is 0 Å². The zero-order chi connectivity index (χ0) is 8.31. The Morgan fingerprint density at radius 2 is 0.900 bits per heavy atom. The van der Waals surface area contributed by atoms with Gasteiger partial charge in [0, 0.05) is 0 Å². The third-order valence-corrected chi connectivity index (χ3v) is 1.34. The Hall–Kier alpha value is -0.160. The van der Waals surface area contributed by atoms with Crippen LogP contribution < -0.4 is 0 Å². The zero-order valence-electron chi connectivity index (χ0n) is 6.10. The number of aliphatic hydroxyl groups is 4. The molecule has 0 amide bonds. The summed E-state index contributed by atoms with van der Waals surface area (Å²) < 4.78 is 0. The van der Waals surface area contributed by atoms with Gasteiger partial charge in [-0.1, -0.05) is 0 Å². The van der Waals surface area contributed by atoms with Gasteiger partial charge in [-0.05, 0) is 13.8 Å². The van der Waals surface area contributed by atoms with Gasteiger partial charge in [-0.15, -0.1) is 0 Å². The Balaban J connectivity index is 3.81. The Bertz CT molecular complexity index is 79.7. The fourth-order valence-corrected chi connectivity index (χ4v) is 0.571. The summed E-state index contributed by atoms with van der Waals surface area (Å²) in [5, 5.41) is 35.2. The molecule has 0 radical (unpaired) electrons. The molecule has 10 heavy (non-hydrogen) atoms. The van der Waals surface area contributed by atoms with Crippen LogP contribution >= 0.6 is 0 Å². The lowest BCUT2D eigenvalue weighted by molar-refractivity contribution is -0.0947. The van der Waals surface area contributed by atoms with Crippen LogP contribution in [0.5, 0.6) is 0 Å². The molecular formula is C6H14O4. The first-order valence-corrected chi connectivity index (χ1v) is 3.19. The van der Waals surface area contributed by atoms with Crippen LogP contribution in [-0.4, -0.2) is 44.8 Å². The predicted octanol–water partition coefficient (Wildman–Crippen LogP) is -1.53. The second-order valence-electron chi connectivity index (χ2n) is 2.46. The van der Waals surface area contributed by atoms with Crippen LogP contribution in [0, 0.1) is 0 Å². The van der Waals surface area contributed by atoms with Crippen LogP contribution in [0.2, 0.25) is 0 Å². The van der Waals surface area contributed by atoms with Crippen LogP contribution in [-0.2, 0) is 0 Å². The van der Waals surface area contributed by atoms with Crippen LogP contribution in [0.15, 0.2) is 0 Å². The van der Waals surface area contributed by atoms with Crippen molar-refractivity contribution in [2.24, 2.45) is 0 Å². The number of aliphatic hydroxyl groups excluding tert-OH is 4. The highest BCUT2D eigenvalue weighted by atomic mass is 16.4. The molecule has 0 aromatic rings. The SMILES string of the molecule is C[C@H](O)[C@@H](O)[C@@H](O)[C@@H](C)O. The van der Waals surface area contributed by atoms with Gasteiger partial charge in [-0.3, -0.25) is 0 Å².